The molecule has 1 saturated heterocycles. The van der Waals surface area contributed by atoms with E-state index in [4.69, 9.17) is 0 Å². The predicted molar refractivity (Wildman–Crippen MR) is 59.6 cm³/mol. The van der Waals surface area contributed by atoms with Crippen LogP contribution in [0.4, 0.5) is 0 Å². The number of carbonyl (C=O) groups excluding carboxylic acids is 2. The summed E-state index contributed by atoms with van der Waals surface area (Å²) in [6, 6.07) is 0. The number of nitrogens with one attached hydrogen (secondary N) is 1. The summed E-state index contributed by atoms with van der Waals surface area (Å²) in [6.07, 6.45) is 0.536. The highest BCUT2D eigenvalue weighted by Crippen LogP contribution is 2.05. The van der Waals surface area contributed by atoms with Crippen LogP contribution in [-0.4, -0.2) is 56.6 Å². The second-order valence-electron chi connectivity index (χ2n) is 3.60. The summed E-state index contributed by atoms with van der Waals surface area (Å²) in [5, 5.41) is 2.56. The van der Waals surface area contributed by atoms with Gasteiger partial charge in [0.2, 0.25) is 15.9 Å². The molecule has 0 atom stereocenters. The van der Waals surface area contributed by atoms with Gasteiger partial charge < -0.3 is 10.1 Å². The molecule has 1 aliphatic rings. The van der Waals surface area contributed by atoms with E-state index < -0.39 is 21.7 Å². The summed E-state index contributed by atoms with van der Waals surface area (Å²) in [7, 11) is -3.76. The van der Waals surface area contributed by atoms with Crippen LogP contribution in [0.1, 0.15) is 13.3 Å². The average Bonchev–Trinajstić information content (AvgIpc) is 2.42. The highest BCUT2D eigenvalue weighted by atomic mass is 32.2. The van der Waals surface area contributed by atoms with Crippen LogP contribution in [0.2, 0.25) is 0 Å². The molecule has 1 aliphatic heterocycles. The van der Waals surface area contributed by atoms with Crippen molar-refractivity contribution in [1.82, 2.24) is 9.62 Å². The zero-order valence-electron chi connectivity index (χ0n) is 9.64. The van der Waals surface area contributed by atoms with Crippen LogP contribution in [0.3, 0.4) is 0 Å². The van der Waals surface area contributed by atoms with Crippen molar-refractivity contribution in [1.29, 1.82) is 0 Å². The van der Waals surface area contributed by atoms with E-state index in [1.807, 2.05) is 0 Å². The number of ether oxygens (including phenoxy) is 1. The van der Waals surface area contributed by atoms with Gasteiger partial charge in [0, 0.05) is 13.1 Å². The normalized spacial score (nSPS) is 18.3. The van der Waals surface area contributed by atoms with Gasteiger partial charge in [-0.3, -0.25) is 9.59 Å². The minimum Gasteiger partial charge on any atom is -0.465 e. The SMILES string of the molecule is CCOC(=O)CS(=O)(=O)N1CCCNC(=O)C1. The summed E-state index contributed by atoms with van der Waals surface area (Å²) in [4.78, 5) is 22.4. The molecule has 0 radical (unpaired) electrons. The number of amides is 1. The molecule has 1 fully saturated rings. The van der Waals surface area contributed by atoms with Crippen LogP contribution >= 0.6 is 0 Å². The van der Waals surface area contributed by atoms with Gasteiger partial charge in [0.15, 0.2) is 5.75 Å². The second kappa shape index (κ2) is 5.97. The van der Waals surface area contributed by atoms with Crippen molar-refractivity contribution in [3.63, 3.8) is 0 Å². The van der Waals surface area contributed by atoms with E-state index >= 15 is 0 Å². The Kier molecular flexibility index (Phi) is 4.88. The highest BCUT2D eigenvalue weighted by molar-refractivity contribution is 7.89. The average molecular weight is 264 g/mol. The highest BCUT2D eigenvalue weighted by Gasteiger charge is 2.28. The Balaban J connectivity index is 2.68. The molecule has 7 nitrogen and oxygen atoms in total. The Morgan fingerprint density at radius 2 is 2.24 bits per heavy atom. The van der Waals surface area contributed by atoms with Crippen molar-refractivity contribution < 1.29 is 22.7 Å². The standard InChI is InChI=1S/C9H16N2O5S/c1-2-16-9(13)7-17(14,15)11-5-3-4-10-8(12)6-11/h2-7H2,1H3,(H,10,12). The fourth-order valence-electron chi connectivity index (χ4n) is 1.46. The van der Waals surface area contributed by atoms with Gasteiger partial charge >= 0.3 is 5.97 Å². The summed E-state index contributed by atoms with van der Waals surface area (Å²) < 4.78 is 29.2. The van der Waals surface area contributed by atoms with Crippen molar-refractivity contribution in [2.45, 2.75) is 13.3 Å². The van der Waals surface area contributed by atoms with Crippen LogP contribution in [0.15, 0.2) is 0 Å². The Bertz CT molecular complexity index is 392. The Labute approximate surface area is 100 Å². The molecule has 0 saturated carbocycles. The van der Waals surface area contributed by atoms with Gasteiger partial charge in [0.05, 0.1) is 13.2 Å². The van der Waals surface area contributed by atoms with E-state index in [0.29, 0.717) is 13.0 Å². The molecule has 0 unspecified atom stereocenters. The van der Waals surface area contributed by atoms with Gasteiger partial charge in [0.25, 0.3) is 0 Å². The maximum atomic E-state index is 11.8. The van der Waals surface area contributed by atoms with Crippen molar-refractivity contribution >= 4 is 21.9 Å². The van der Waals surface area contributed by atoms with Gasteiger partial charge in [-0.15, -0.1) is 0 Å². The van der Waals surface area contributed by atoms with Crippen molar-refractivity contribution in [2.24, 2.45) is 0 Å². The summed E-state index contributed by atoms with van der Waals surface area (Å²) in [5.41, 5.74) is 0. The number of hydrogen-bond acceptors (Lipinski definition) is 5. The molecule has 0 bridgehead atoms. The number of hydrogen-bond donors (Lipinski definition) is 1. The largest absolute Gasteiger partial charge is 0.465 e. The lowest BCUT2D eigenvalue weighted by atomic mass is 10.4. The number of esters is 1. The number of sulfonamides is 1. The summed E-state index contributed by atoms with van der Waals surface area (Å²) in [5.74, 6) is -1.86. The number of nitrogens with zero attached hydrogens (tertiary/aromatic N) is 1. The summed E-state index contributed by atoms with van der Waals surface area (Å²) in [6.45, 7) is 2.19. The third-order valence-corrected chi connectivity index (χ3v) is 3.92. The molecule has 98 valence electrons. The third-order valence-electron chi connectivity index (χ3n) is 2.23. The van der Waals surface area contributed by atoms with Gasteiger partial charge in [0.1, 0.15) is 0 Å². The third kappa shape index (κ3) is 4.31. The van der Waals surface area contributed by atoms with Crippen molar-refractivity contribution in [3.8, 4) is 0 Å². The molecule has 8 heteroatoms. The van der Waals surface area contributed by atoms with E-state index in [1.54, 1.807) is 6.92 Å². The molecule has 1 heterocycles. The lowest BCUT2D eigenvalue weighted by Gasteiger charge is -2.17. The van der Waals surface area contributed by atoms with E-state index in [2.05, 4.69) is 10.1 Å². The van der Waals surface area contributed by atoms with Crippen LogP contribution in [0.25, 0.3) is 0 Å². The Hall–Kier alpha value is -1.15. The van der Waals surface area contributed by atoms with Gasteiger partial charge in [-0.2, -0.15) is 4.31 Å². The Morgan fingerprint density at radius 1 is 1.53 bits per heavy atom. The first kappa shape index (κ1) is 13.9. The van der Waals surface area contributed by atoms with Crippen LogP contribution in [-0.2, 0) is 24.3 Å². The zero-order valence-corrected chi connectivity index (χ0v) is 10.5. The fraction of sp³-hybridized carbons (Fsp3) is 0.778. The van der Waals surface area contributed by atoms with Gasteiger partial charge in [-0.25, -0.2) is 8.42 Å². The first-order valence-corrected chi connectivity index (χ1v) is 6.97. The molecule has 1 N–H and O–H groups in total. The van der Waals surface area contributed by atoms with Crippen LogP contribution in [0, 0.1) is 0 Å². The lowest BCUT2D eigenvalue weighted by molar-refractivity contribution is -0.140. The lowest BCUT2D eigenvalue weighted by Crippen LogP contribution is -2.40. The van der Waals surface area contributed by atoms with Crippen LogP contribution in [0.5, 0.6) is 0 Å². The molecular weight excluding hydrogens is 248 g/mol. The molecular formula is C9H16N2O5S. The van der Waals surface area contributed by atoms with E-state index in [0.717, 1.165) is 4.31 Å². The van der Waals surface area contributed by atoms with E-state index in [1.165, 1.54) is 0 Å². The topological polar surface area (TPSA) is 92.8 Å². The van der Waals surface area contributed by atoms with Crippen molar-refractivity contribution in [2.75, 3.05) is 32.0 Å². The first-order chi connectivity index (χ1) is 7.95. The molecule has 1 rings (SSSR count). The second-order valence-corrected chi connectivity index (χ2v) is 5.57. The molecule has 17 heavy (non-hydrogen) atoms. The van der Waals surface area contributed by atoms with E-state index in [9.17, 15) is 18.0 Å². The number of carbonyl (C=O) groups is 2. The predicted octanol–water partition coefficient (Wildman–Crippen LogP) is -1.30. The van der Waals surface area contributed by atoms with E-state index in [-0.39, 0.29) is 25.6 Å². The molecule has 0 aliphatic carbocycles. The quantitative estimate of drug-likeness (QED) is 0.637. The molecule has 0 spiro atoms. The maximum Gasteiger partial charge on any atom is 0.322 e. The van der Waals surface area contributed by atoms with Gasteiger partial charge in [-0.05, 0) is 13.3 Å². The summed E-state index contributed by atoms with van der Waals surface area (Å²) >= 11 is 0. The monoisotopic (exact) mass is 264 g/mol. The minimum atomic E-state index is -3.76. The maximum absolute atomic E-state index is 11.8. The van der Waals surface area contributed by atoms with Crippen LogP contribution < -0.4 is 5.32 Å². The molecule has 1 amide bonds. The molecule has 0 aromatic rings. The first-order valence-electron chi connectivity index (χ1n) is 5.36. The Morgan fingerprint density at radius 3 is 2.88 bits per heavy atom. The smallest absolute Gasteiger partial charge is 0.322 e. The molecule has 0 aromatic carbocycles. The van der Waals surface area contributed by atoms with Crippen molar-refractivity contribution in [3.05, 3.63) is 0 Å². The zero-order chi connectivity index (χ0) is 12.9. The minimum absolute atomic E-state index is 0.134. The van der Waals surface area contributed by atoms with Gasteiger partial charge in [-0.1, -0.05) is 0 Å². The number of rotatable bonds is 4. The molecule has 0 aromatic heterocycles. The fourth-order valence-corrected chi connectivity index (χ4v) is 2.74.